The monoisotopic (exact) mass is 314 g/mol. The molecule has 1 unspecified atom stereocenters. The first-order chi connectivity index (χ1) is 11.1. The Bertz CT molecular complexity index is 636. The van der Waals surface area contributed by atoms with Crippen LogP contribution in [-0.2, 0) is 6.54 Å². The number of fused-ring (bicyclic) bond motifs is 1. The average molecular weight is 314 g/mol. The SMILES string of the molecule is CC(C)CCn1cc(C2CCN(C(C)O)CC2)c2ccccc21. The van der Waals surface area contributed by atoms with Crippen molar-refractivity contribution in [2.75, 3.05) is 13.1 Å². The molecule has 0 saturated carbocycles. The smallest absolute Gasteiger partial charge is 0.104 e. The van der Waals surface area contributed by atoms with Crippen LogP contribution in [0, 0.1) is 5.92 Å². The normalized spacial score (nSPS) is 18.8. The first-order valence-electron chi connectivity index (χ1n) is 9.06. The Morgan fingerprint density at radius 1 is 1.13 bits per heavy atom. The van der Waals surface area contributed by atoms with Gasteiger partial charge < -0.3 is 9.67 Å². The van der Waals surface area contributed by atoms with Crippen molar-refractivity contribution < 1.29 is 5.11 Å². The van der Waals surface area contributed by atoms with Gasteiger partial charge >= 0.3 is 0 Å². The number of aromatic nitrogens is 1. The standard InChI is InChI=1S/C20H30N2O/c1-15(2)8-11-22-14-19(18-6-4-5-7-20(18)22)17-9-12-21(13-10-17)16(3)23/h4-7,14-17,23H,8-13H2,1-3H3. The van der Waals surface area contributed by atoms with E-state index < -0.39 is 0 Å². The third kappa shape index (κ3) is 3.61. The van der Waals surface area contributed by atoms with Crippen molar-refractivity contribution in [2.45, 2.75) is 58.7 Å². The number of benzene rings is 1. The summed E-state index contributed by atoms with van der Waals surface area (Å²) in [7, 11) is 0. The van der Waals surface area contributed by atoms with Crippen molar-refractivity contribution in [3.05, 3.63) is 36.0 Å². The summed E-state index contributed by atoms with van der Waals surface area (Å²) in [6.45, 7) is 9.54. The number of hydrogen-bond donors (Lipinski definition) is 1. The maximum absolute atomic E-state index is 9.75. The quantitative estimate of drug-likeness (QED) is 0.895. The van der Waals surface area contributed by atoms with Crippen LogP contribution >= 0.6 is 0 Å². The highest BCUT2D eigenvalue weighted by Gasteiger charge is 2.25. The van der Waals surface area contributed by atoms with Gasteiger partial charge in [0, 0.05) is 36.7 Å². The van der Waals surface area contributed by atoms with Gasteiger partial charge in [-0.3, -0.25) is 4.90 Å². The summed E-state index contributed by atoms with van der Waals surface area (Å²) in [5.41, 5.74) is 2.88. The Hall–Kier alpha value is -1.32. The van der Waals surface area contributed by atoms with Gasteiger partial charge in [-0.2, -0.15) is 0 Å². The van der Waals surface area contributed by atoms with E-state index in [0.29, 0.717) is 5.92 Å². The predicted molar refractivity (Wildman–Crippen MR) is 96.6 cm³/mol. The van der Waals surface area contributed by atoms with Gasteiger partial charge in [0.25, 0.3) is 0 Å². The minimum absolute atomic E-state index is 0.316. The number of aryl methyl sites for hydroxylation is 1. The molecule has 0 bridgehead atoms. The first-order valence-corrected chi connectivity index (χ1v) is 9.06. The largest absolute Gasteiger partial charge is 0.379 e. The van der Waals surface area contributed by atoms with Crippen LogP contribution in [0.5, 0.6) is 0 Å². The molecule has 1 aliphatic heterocycles. The van der Waals surface area contributed by atoms with Crippen molar-refractivity contribution in [3.8, 4) is 0 Å². The molecule has 2 heterocycles. The number of para-hydroxylation sites is 1. The molecular formula is C20H30N2O. The summed E-state index contributed by atoms with van der Waals surface area (Å²) in [6.07, 6.45) is 5.59. The van der Waals surface area contributed by atoms with Crippen LogP contribution in [0.1, 0.15) is 51.5 Å². The summed E-state index contributed by atoms with van der Waals surface area (Å²) in [5, 5.41) is 11.2. The third-order valence-corrected chi connectivity index (χ3v) is 5.26. The molecule has 1 aliphatic rings. The second-order valence-electron chi connectivity index (χ2n) is 7.42. The van der Waals surface area contributed by atoms with Gasteiger partial charge in [-0.15, -0.1) is 0 Å². The van der Waals surface area contributed by atoms with Crippen LogP contribution in [0.25, 0.3) is 10.9 Å². The van der Waals surface area contributed by atoms with Crippen molar-refractivity contribution in [1.29, 1.82) is 0 Å². The lowest BCUT2D eigenvalue weighted by Crippen LogP contribution is -2.39. The Balaban J connectivity index is 1.83. The van der Waals surface area contributed by atoms with E-state index in [1.165, 1.54) is 22.9 Å². The fourth-order valence-corrected chi connectivity index (χ4v) is 3.77. The molecule has 126 valence electrons. The minimum atomic E-state index is -0.316. The number of rotatable bonds is 5. The van der Waals surface area contributed by atoms with Crippen LogP contribution in [0.3, 0.4) is 0 Å². The van der Waals surface area contributed by atoms with E-state index in [2.05, 4.69) is 53.8 Å². The van der Waals surface area contributed by atoms with Crippen LogP contribution in [0.4, 0.5) is 0 Å². The van der Waals surface area contributed by atoms with Crippen LogP contribution in [0.15, 0.2) is 30.5 Å². The number of likely N-dealkylation sites (tertiary alicyclic amines) is 1. The molecule has 0 amide bonds. The molecule has 23 heavy (non-hydrogen) atoms. The molecular weight excluding hydrogens is 284 g/mol. The van der Waals surface area contributed by atoms with Gasteiger partial charge in [-0.05, 0) is 49.7 Å². The zero-order valence-corrected chi connectivity index (χ0v) is 14.7. The summed E-state index contributed by atoms with van der Waals surface area (Å²) in [6, 6.07) is 8.83. The molecule has 0 spiro atoms. The molecule has 3 rings (SSSR count). The number of hydrogen-bond acceptors (Lipinski definition) is 2. The second kappa shape index (κ2) is 7.06. The van der Waals surface area contributed by atoms with Crippen molar-refractivity contribution >= 4 is 10.9 Å². The van der Waals surface area contributed by atoms with Crippen LogP contribution in [0.2, 0.25) is 0 Å². The van der Waals surface area contributed by atoms with Gasteiger partial charge in [0.15, 0.2) is 0 Å². The highest BCUT2D eigenvalue weighted by atomic mass is 16.3. The number of piperidine rings is 1. The van der Waals surface area contributed by atoms with E-state index in [1.807, 2.05) is 6.92 Å². The average Bonchev–Trinajstić information content (AvgIpc) is 2.92. The topological polar surface area (TPSA) is 28.4 Å². The molecule has 0 radical (unpaired) electrons. The molecule has 1 fully saturated rings. The first kappa shape index (κ1) is 16.5. The van der Waals surface area contributed by atoms with Crippen LogP contribution in [-0.4, -0.2) is 33.9 Å². The molecule has 2 aromatic rings. The maximum Gasteiger partial charge on any atom is 0.104 e. The lowest BCUT2D eigenvalue weighted by atomic mass is 9.89. The van der Waals surface area contributed by atoms with Gasteiger partial charge in [0.2, 0.25) is 0 Å². The summed E-state index contributed by atoms with van der Waals surface area (Å²) >= 11 is 0. The van der Waals surface area contributed by atoms with E-state index >= 15 is 0 Å². The highest BCUT2D eigenvalue weighted by molar-refractivity contribution is 5.84. The minimum Gasteiger partial charge on any atom is -0.379 e. The highest BCUT2D eigenvalue weighted by Crippen LogP contribution is 2.35. The third-order valence-electron chi connectivity index (χ3n) is 5.26. The van der Waals surface area contributed by atoms with E-state index in [4.69, 9.17) is 0 Å². The van der Waals surface area contributed by atoms with E-state index in [9.17, 15) is 5.11 Å². The Labute approximate surface area is 139 Å². The number of aliphatic hydroxyl groups is 1. The molecule has 3 nitrogen and oxygen atoms in total. The van der Waals surface area contributed by atoms with Gasteiger partial charge in [-0.1, -0.05) is 32.0 Å². The molecule has 1 atom stereocenters. The molecule has 1 aromatic heterocycles. The fraction of sp³-hybridized carbons (Fsp3) is 0.600. The van der Waals surface area contributed by atoms with Crippen molar-refractivity contribution in [2.24, 2.45) is 5.92 Å². The van der Waals surface area contributed by atoms with Gasteiger partial charge in [-0.25, -0.2) is 0 Å². The Morgan fingerprint density at radius 3 is 2.48 bits per heavy atom. The lowest BCUT2D eigenvalue weighted by Gasteiger charge is -2.33. The number of aliphatic hydroxyl groups excluding tert-OH is 1. The lowest BCUT2D eigenvalue weighted by molar-refractivity contribution is 0.00312. The van der Waals surface area contributed by atoms with E-state index in [-0.39, 0.29) is 6.23 Å². The van der Waals surface area contributed by atoms with Gasteiger partial charge in [0.05, 0.1) is 0 Å². The molecule has 1 aromatic carbocycles. The molecule has 3 heteroatoms. The van der Waals surface area contributed by atoms with E-state index in [0.717, 1.165) is 38.4 Å². The van der Waals surface area contributed by atoms with Crippen LogP contribution < -0.4 is 0 Å². The predicted octanol–water partition coefficient (Wildman–Crippen LogP) is 4.21. The molecule has 1 saturated heterocycles. The molecule has 1 N–H and O–H groups in total. The van der Waals surface area contributed by atoms with Gasteiger partial charge in [0.1, 0.15) is 6.23 Å². The zero-order valence-electron chi connectivity index (χ0n) is 14.7. The second-order valence-corrected chi connectivity index (χ2v) is 7.42. The Morgan fingerprint density at radius 2 is 1.83 bits per heavy atom. The van der Waals surface area contributed by atoms with Crippen molar-refractivity contribution in [3.63, 3.8) is 0 Å². The summed E-state index contributed by atoms with van der Waals surface area (Å²) in [4.78, 5) is 2.18. The Kier molecular flexibility index (Phi) is 5.08. The fourth-order valence-electron chi connectivity index (χ4n) is 3.77. The van der Waals surface area contributed by atoms with Crippen molar-refractivity contribution in [1.82, 2.24) is 9.47 Å². The summed E-state index contributed by atoms with van der Waals surface area (Å²) < 4.78 is 2.45. The molecule has 0 aliphatic carbocycles. The summed E-state index contributed by atoms with van der Waals surface area (Å²) in [5.74, 6) is 1.35. The van der Waals surface area contributed by atoms with E-state index in [1.54, 1.807) is 0 Å². The zero-order chi connectivity index (χ0) is 16.4. The number of nitrogens with zero attached hydrogens (tertiary/aromatic N) is 2. The maximum atomic E-state index is 9.75.